The summed E-state index contributed by atoms with van der Waals surface area (Å²) in [7, 11) is -3.95. The molecule has 8 heteroatoms. The van der Waals surface area contributed by atoms with E-state index in [0.717, 1.165) is 18.9 Å². The smallest absolute Gasteiger partial charge is 0.246 e. The van der Waals surface area contributed by atoms with Gasteiger partial charge in [-0.15, -0.1) is 0 Å². The molecule has 2 saturated heterocycles. The van der Waals surface area contributed by atoms with Gasteiger partial charge in [-0.25, -0.2) is 12.8 Å². The van der Waals surface area contributed by atoms with E-state index < -0.39 is 20.7 Å². The van der Waals surface area contributed by atoms with E-state index in [9.17, 15) is 12.8 Å². The highest BCUT2D eigenvalue weighted by atomic mass is 35.5. The van der Waals surface area contributed by atoms with Crippen LogP contribution in [0.1, 0.15) is 12.8 Å². The number of fused-ring (bicyclic) bond motifs is 2. The van der Waals surface area contributed by atoms with Gasteiger partial charge < -0.3 is 10.5 Å². The molecule has 0 spiro atoms. The van der Waals surface area contributed by atoms with Crippen molar-refractivity contribution in [2.75, 3.05) is 18.8 Å². The maximum atomic E-state index is 14.0. The molecule has 2 N–H and O–H groups in total. The van der Waals surface area contributed by atoms with Crippen LogP contribution in [0, 0.1) is 5.82 Å². The molecule has 2 bridgehead atoms. The fourth-order valence-corrected chi connectivity index (χ4v) is 4.59. The summed E-state index contributed by atoms with van der Waals surface area (Å²) in [6.45, 7) is 0.482. The molecule has 3 rings (SSSR count). The van der Waals surface area contributed by atoms with Crippen LogP contribution >= 0.6 is 11.6 Å². The largest absolute Gasteiger partial charge is 0.399 e. The zero-order valence-electron chi connectivity index (χ0n) is 10.6. The Morgan fingerprint density at radius 1 is 1.30 bits per heavy atom. The minimum absolute atomic E-state index is 0.108. The lowest BCUT2D eigenvalue weighted by Gasteiger charge is -2.31. The zero-order valence-corrected chi connectivity index (χ0v) is 12.1. The lowest BCUT2D eigenvalue weighted by Crippen LogP contribution is -2.45. The van der Waals surface area contributed by atoms with Crippen molar-refractivity contribution in [3.63, 3.8) is 0 Å². The summed E-state index contributed by atoms with van der Waals surface area (Å²) in [6.07, 6.45) is 1.44. The number of morpholine rings is 1. The van der Waals surface area contributed by atoms with Gasteiger partial charge in [0.05, 0.1) is 17.2 Å². The Balaban J connectivity index is 2.00. The molecule has 1 aromatic rings. The van der Waals surface area contributed by atoms with Crippen molar-refractivity contribution in [2.45, 2.75) is 29.9 Å². The Morgan fingerprint density at radius 3 is 2.50 bits per heavy atom. The number of sulfonamides is 1. The van der Waals surface area contributed by atoms with Gasteiger partial charge in [0.1, 0.15) is 4.90 Å². The number of ether oxygens (including phenoxy) is 1. The quantitative estimate of drug-likeness (QED) is 0.840. The normalized spacial score (nSPS) is 26.9. The van der Waals surface area contributed by atoms with E-state index in [4.69, 9.17) is 22.1 Å². The van der Waals surface area contributed by atoms with Gasteiger partial charge in [0.25, 0.3) is 0 Å². The van der Waals surface area contributed by atoms with Crippen molar-refractivity contribution < 1.29 is 17.5 Å². The predicted molar refractivity (Wildman–Crippen MR) is 72.5 cm³/mol. The first-order valence-corrected chi connectivity index (χ1v) is 8.10. The van der Waals surface area contributed by atoms with Gasteiger partial charge in [0.15, 0.2) is 5.82 Å². The fourth-order valence-electron chi connectivity index (χ4n) is 2.68. The van der Waals surface area contributed by atoms with Gasteiger partial charge in [0, 0.05) is 18.8 Å². The van der Waals surface area contributed by atoms with Crippen LogP contribution in [0.15, 0.2) is 17.0 Å². The predicted octanol–water partition coefficient (Wildman–Crippen LogP) is 1.61. The second-order valence-corrected chi connectivity index (χ2v) is 7.41. The lowest BCUT2D eigenvalue weighted by atomic mass is 10.2. The molecule has 0 aliphatic carbocycles. The minimum Gasteiger partial charge on any atom is -0.399 e. The Kier molecular flexibility index (Phi) is 3.40. The molecule has 5 nitrogen and oxygen atoms in total. The molecule has 1 aromatic carbocycles. The van der Waals surface area contributed by atoms with E-state index in [1.54, 1.807) is 0 Å². The van der Waals surface area contributed by atoms with Crippen molar-refractivity contribution in [3.8, 4) is 0 Å². The molecule has 2 unspecified atom stereocenters. The molecular weight excluding hydrogens is 307 g/mol. The average molecular weight is 321 g/mol. The van der Waals surface area contributed by atoms with E-state index in [1.807, 2.05) is 0 Å². The van der Waals surface area contributed by atoms with Crippen LogP contribution < -0.4 is 5.73 Å². The van der Waals surface area contributed by atoms with Gasteiger partial charge in [-0.2, -0.15) is 4.31 Å². The third kappa shape index (κ3) is 2.28. The molecule has 0 aromatic heterocycles. The molecule has 110 valence electrons. The highest BCUT2D eigenvalue weighted by molar-refractivity contribution is 7.89. The van der Waals surface area contributed by atoms with Gasteiger partial charge in [-0.05, 0) is 25.0 Å². The van der Waals surface area contributed by atoms with E-state index in [1.165, 1.54) is 10.4 Å². The first-order valence-electron chi connectivity index (χ1n) is 6.28. The Labute approximate surface area is 121 Å². The number of halogens is 2. The first kappa shape index (κ1) is 14.1. The van der Waals surface area contributed by atoms with Crippen LogP contribution in [0.4, 0.5) is 10.1 Å². The number of benzene rings is 1. The van der Waals surface area contributed by atoms with Crippen LogP contribution in [-0.2, 0) is 14.8 Å². The zero-order chi connectivity index (χ0) is 14.5. The highest BCUT2D eigenvalue weighted by Crippen LogP contribution is 2.32. The molecule has 2 aliphatic heterocycles. The highest BCUT2D eigenvalue weighted by Gasteiger charge is 2.40. The van der Waals surface area contributed by atoms with Crippen LogP contribution in [0.3, 0.4) is 0 Å². The third-order valence-electron chi connectivity index (χ3n) is 3.65. The number of nitrogens with two attached hydrogens (primary N) is 1. The molecular formula is C12H14ClFN2O3S. The number of nitrogen functional groups attached to an aromatic ring is 1. The van der Waals surface area contributed by atoms with Gasteiger partial charge in [-0.1, -0.05) is 11.6 Å². The second kappa shape index (κ2) is 4.84. The summed E-state index contributed by atoms with van der Waals surface area (Å²) < 4.78 is 46.0. The fraction of sp³-hybridized carbons (Fsp3) is 0.500. The topological polar surface area (TPSA) is 72.6 Å². The average Bonchev–Trinajstić information content (AvgIpc) is 2.72. The van der Waals surface area contributed by atoms with Crippen molar-refractivity contribution in [2.24, 2.45) is 0 Å². The monoisotopic (exact) mass is 320 g/mol. The number of anilines is 1. The summed E-state index contributed by atoms with van der Waals surface area (Å²) in [5.74, 6) is -0.959. The van der Waals surface area contributed by atoms with Crippen molar-refractivity contribution in [1.82, 2.24) is 4.31 Å². The molecule has 20 heavy (non-hydrogen) atoms. The summed E-state index contributed by atoms with van der Waals surface area (Å²) in [4.78, 5) is -0.469. The molecule has 0 radical (unpaired) electrons. The van der Waals surface area contributed by atoms with Crippen molar-refractivity contribution >= 4 is 27.3 Å². The summed E-state index contributed by atoms with van der Waals surface area (Å²) >= 11 is 5.67. The molecule has 2 fully saturated rings. The maximum absolute atomic E-state index is 14.0. The first-order chi connectivity index (χ1) is 9.38. The molecule has 2 atom stereocenters. The minimum atomic E-state index is -3.95. The SMILES string of the molecule is Nc1cc(Cl)c(F)c(S(=O)(=O)N2CC3CCC(C2)O3)c1. The summed E-state index contributed by atoms with van der Waals surface area (Å²) in [6, 6.07) is 2.30. The maximum Gasteiger partial charge on any atom is 0.246 e. The van der Waals surface area contributed by atoms with E-state index in [0.29, 0.717) is 0 Å². The molecule has 2 heterocycles. The van der Waals surface area contributed by atoms with Gasteiger partial charge >= 0.3 is 0 Å². The lowest BCUT2D eigenvalue weighted by molar-refractivity contribution is -0.0115. The van der Waals surface area contributed by atoms with E-state index >= 15 is 0 Å². The summed E-state index contributed by atoms with van der Waals surface area (Å²) in [5, 5.41) is -0.292. The van der Waals surface area contributed by atoms with Crippen molar-refractivity contribution in [3.05, 3.63) is 23.0 Å². The standard InChI is InChI=1S/C12H14ClFN2O3S/c13-10-3-7(15)4-11(12(10)14)20(17,18)16-5-8-1-2-9(6-16)19-8/h3-4,8-9H,1-2,5-6,15H2. The van der Waals surface area contributed by atoms with E-state index in [-0.39, 0.29) is 36.0 Å². The van der Waals surface area contributed by atoms with Gasteiger partial charge in [0.2, 0.25) is 10.0 Å². The molecule has 2 aliphatic rings. The molecule has 0 amide bonds. The Bertz CT molecular complexity index is 640. The summed E-state index contributed by atoms with van der Waals surface area (Å²) in [5.41, 5.74) is 5.68. The number of hydrogen-bond acceptors (Lipinski definition) is 4. The van der Waals surface area contributed by atoms with Crippen molar-refractivity contribution in [1.29, 1.82) is 0 Å². The van der Waals surface area contributed by atoms with Crippen LogP contribution in [0.2, 0.25) is 5.02 Å². The Morgan fingerprint density at radius 2 is 1.90 bits per heavy atom. The van der Waals surface area contributed by atoms with E-state index in [2.05, 4.69) is 0 Å². The van der Waals surface area contributed by atoms with Gasteiger partial charge in [-0.3, -0.25) is 0 Å². The van der Waals surface area contributed by atoms with Crippen LogP contribution in [-0.4, -0.2) is 38.0 Å². The second-order valence-electron chi connectivity index (χ2n) is 5.09. The number of nitrogens with zero attached hydrogens (tertiary/aromatic N) is 1. The molecule has 0 saturated carbocycles. The Hall–Kier alpha value is -0.890. The van der Waals surface area contributed by atoms with Crippen LogP contribution in [0.25, 0.3) is 0 Å². The number of hydrogen-bond donors (Lipinski definition) is 1. The third-order valence-corrected chi connectivity index (χ3v) is 5.75. The number of rotatable bonds is 2. The van der Waals surface area contributed by atoms with Crippen LogP contribution in [0.5, 0.6) is 0 Å².